The van der Waals surface area contributed by atoms with Crippen molar-refractivity contribution in [1.82, 2.24) is 15.6 Å². The van der Waals surface area contributed by atoms with Crippen LogP contribution in [0.5, 0.6) is 0 Å². The number of carbonyl (C=O) groups is 1. The third-order valence-electron chi connectivity index (χ3n) is 2.66. The number of aliphatic imine (C=N–C) groups is 1. The van der Waals surface area contributed by atoms with Gasteiger partial charge in [-0.3, -0.25) is 9.79 Å². The lowest BCUT2D eigenvalue weighted by Gasteiger charge is -2.07. The number of aromatic nitrogens is 2. The van der Waals surface area contributed by atoms with Gasteiger partial charge in [0.1, 0.15) is 5.52 Å². The summed E-state index contributed by atoms with van der Waals surface area (Å²) in [5.74, 6) is 0.0609. The summed E-state index contributed by atoms with van der Waals surface area (Å²) < 4.78 is 4.63. The standard InChI is InChI=1S/C11H11N5O2/c1-6-5-12-10(13-6)11(17)14-7-3-2-4-8-9(7)16-18-15-8/h2-4,6H,5H2,1H3,(H,12,13)(H,14,17). The van der Waals surface area contributed by atoms with Crippen LogP contribution in [0.3, 0.4) is 0 Å². The Kier molecular flexibility index (Phi) is 2.44. The van der Waals surface area contributed by atoms with Gasteiger partial charge < -0.3 is 10.6 Å². The third kappa shape index (κ3) is 1.79. The van der Waals surface area contributed by atoms with Gasteiger partial charge in [0.05, 0.1) is 12.2 Å². The fourth-order valence-corrected chi connectivity index (χ4v) is 1.78. The van der Waals surface area contributed by atoms with Crippen molar-refractivity contribution in [1.29, 1.82) is 0 Å². The van der Waals surface area contributed by atoms with E-state index in [1.54, 1.807) is 18.2 Å². The van der Waals surface area contributed by atoms with Crippen molar-refractivity contribution in [2.24, 2.45) is 4.99 Å². The summed E-state index contributed by atoms with van der Waals surface area (Å²) in [5, 5.41) is 13.2. The van der Waals surface area contributed by atoms with Crippen LogP contribution >= 0.6 is 0 Å². The zero-order chi connectivity index (χ0) is 12.5. The molecule has 0 aliphatic carbocycles. The van der Waals surface area contributed by atoms with E-state index in [9.17, 15) is 4.79 Å². The molecule has 0 spiro atoms. The van der Waals surface area contributed by atoms with Crippen LogP contribution in [0.15, 0.2) is 27.8 Å². The molecule has 0 radical (unpaired) electrons. The maximum atomic E-state index is 11.9. The highest BCUT2D eigenvalue weighted by Gasteiger charge is 2.20. The van der Waals surface area contributed by atoms with Crippen molar-refractivity contribution < 1.29 is 9.42 Å². The van der Waals surface area contributed by atoms with Crippen LogP contribution in [0.2, 0.25) is 0 Å². The minimum Gasteiger partial charge on any atom is -0.361 e. The topological polar surface area (TPSA) is 92.4 Å². The molecular weight excluding hydrogens is 234 g/mol. The zero-order valence-corrected chi connectivity index (χ0v) is 9.67. The van der Waals surface area contributed by atoms with Crippen molar-refractivity contribution in [2.75, 3.05) is 11.9 Å². The Hall–Kier alpha value is -2.44. The van der Waals surface area contributed by atoms with Gasteiger partial charge in [-0.25, -0.2) is 4.63 Å². The number of carbonyl (C=O) groups excluding carboxylic acids is 1. The molecule has 7 heteroatoms. The molecule has 0 fully saturated rings. The minimum absolute atomic E-state index is 0.190. The van der Waals surface area contributed by atoms with E-state index in [4.69, 9.17) is 0 Å². The normalized spacial score (nSPS) is 18.5. The largest absolute Gasteiger partial charge is 0.361 e. The second kappa shape index (κ2) is 4.10. The molecule has 1 atom stereocenters. The Balaban J connectivity index is 1.84. The van der Waals surface area contributed by atoms with E-state index in [1.165, 1.54) is 0 Å². The molecule has 7 nitrogen and oxygen atoms in total. The van der Waals surface area contributed by atoms with Crippen molar-refractivity contribution >= 4 is 28.5 Å². The van der Waals surface area contributed by atoms with E-state index < -0.39 is 0 Å². The Bertz CT molecular complexity index is 633. The Morgan fingerprint density at radius 2 is 2.39 bits per heavy atom. The first kappa shape index (κ1) is 10.7. The lowest BCUT2D eigenvalue weighted by atomic mass is 10.2. The first-order valence-corrected chi connectivity index (χ1v) is 5.57. The number of benzene rings is 1. The molecule has 18 heavy (non-hydrogen) atoms. The summed E-state index contributed by atoms with van der Waals surface area (Å²) >= 11 is 0. The number of fused-ring (bicyclic) bond motifs is 1. The Labute approximate surface area is 102 Å². The number of hydrogen-bond acceptors (Lipinski definition) is 6. The van der Waals surface area contributed by atoms with Crippen LogP contribution in [0.25, 0.3) is 11.0 Å². The number of rotatable bonds is 2. The lowest BCUT2D eigenvalue weighted by molar-refractivity contribution is -0.110. The molecule has 0 bridgehead atoms. The van der Waals surface area contributed by atoms with Gasteiger partial charge in [-0.2, -0.15) is 0 Å². The molecule has 0 saturated carbocycles. The van der Waals surface area contributed by atoms with E-state index in [1.807, 2.05) is 6.92 Å². The molecule has 1 aliphatic heterocycles. The fraction of sp³-hybridized carbons (Fsp3) is 0.273. The molecule has 2 aromatic rings. The summed E-state index contributed by atoms with van der Waals surface area (Å²) in [5.41, 5.74) is 1.68. The van der Waals surface area contributed by atoms with E-state index in [0.29, 0.717) is 29.1 Å². The van der Waals surface area contributed by atoms with E-state index >= 15 is 0 Å². The predicted octanol–water partition coefficient (Wildman–Crippen LogP) is 0.551. The molecule has 92 valence electrons. The van der Waals surface area contributed by atoms with Gasteiger partial charge in [0.2, 0.25) is 0 Å². The van der Waals surface area contributed by atoms with E-state index in [0.717, 1.165) is 0 Å². The minimum atomic E-state index is -0.283. The molecule has 1 aromatic carbocycles. The monoisotopic (exact) mass is 245 g/mol. The Morgan fingerprint density at radius 3 is 3.17 bits per heavy atom. The summed E-state index contributed by atoms with van der Waals surface area (Å²) in [7, 11) is 0. The molecule has 1 aromatic heterocycles. The number of amides is 1. The summed E-state index contributed by atoms with van der Waals surface area (Å²) in [6.07, 6.45) is 0. The molecular formula is C11H11N5O2. The molecule has 1 amide bonds. The fourth-order valence-electron chi connectivity index (χ4n) is 1.78. The highest BCUT2D eigenvalue weighted by Crippen LogP contribution is 2.19. The lowest BCUT2D eigenvalue weighted by Crippen LogP contribution is -2.36. The second-order valence-corrected chi connectivity index (χ2v) is 4.13. The van der Waals surface area contributed by atoms with Crippen LogP contribution in [0, 0.1) is 0 Å². The summed E-state index contributed by atoms with van der Waals surface area (Å²) in [6.45, 7) is 2.57. The molecule has 1 aliphatic rings. The van der Waals surface area contributed by atoms with Crippen LogP contribution in [-0.2, 0) is 4.79 Å². The SMILES string of the molecule is CC1CN=C(C(=O)Nc2cccc3nonc23)N1. The first-order valence-electron chi connectivity index (χ1n) is 5.57. The van der Waals surface area contributed by atoms with Gasteiger partial charge in [-0.1, -0.05) is 6.07 Å². The highest BCUT2D eigenvalue weighted by atomic mass is 16.6. The zero-order valence-electron chi connectivity index (χ0n) is 9.67. The predicted molar refractivity (Wildman–Crippen MR) is 65.3 cm³/mol. The van der Waals surface area contributed by atoms with Crippen LogP contribution < -0.4 is 10.6 Å². The third-order valence-corrected chi connectivity index (χ3v) is 2.66. The van der Waals surface area contributed by atoms with Crippen molar-refractivity contribution in [3.8, 4) is 0 Å². The van der Waals surface area contributed by atoms with Gasteiger partial charge in [-0.05, 0) is 29.4 Å². The maximum absolute atomic E-state index is 11.9. The van der Waals surface area contributed by atoms with Gasteiger partial charge in [-0.15, -0.1) is 0 Å². The van der Waals surface area contributed by atoms with Crippen molar-refractivity contribution in [3.63, 3.8) is 0 Å². The maximum Gasteiger partial charge on any atom is 0.290 e. The smallest absolute Gasteiger partial charge is 0.290 e. The first-order chi connectivity index (χ1) is 8.74. The van der Waals surface area contributed by atoms with Crippen LogP contribution in [0.1, 0.15) is 6.92 Å². The molecule has 2 heterocycles. The van der Waals surface area contributed by atoms with Gasteiger partial charge in [0.25, 0.3) is 5.91 Å². The van der Waals surface area contributed by atoms with E-state index in [-0.39, 0.29) is 11.9 Å². The quantitative estimate of drug-likeness (QED) is 0.806. The van der Waals surface area contributed by atoms with Crippen LogP contribution in [0.4, 0.5) is 5.69 Å². The molecule has 2 N–H and O–H groups in total. The van der Waals surface area contributed by atoms with Gasteiger partial charge in [0, 0.05) is 6.04 Å². The number of nitrogens with one attached hydrogen (secondary N) is 2. The van der Waals surface area contributed by atoms with Gasteiger partial charge in [0.15, 0.2) is 11.4 Å². The number of anilines is 1. The molecule has 1 unspecified atom stereocenters. The highest BCUT2D eigenvalue weighted by molar-refractivity contribution is 6.43. The molecule has 0 saturated heterocycles. The number of hydrogen-bond donors (Lipinski definition) is 2. The number of nitrogens with zero attached hydrogens (tertiary/aromatic N) is 3. The second-order valence-electron chi connectivity index (χ2n) is 4.13. The Morgan fingerprint density at radius 1 is 1.50 bits per heavy atom. The summed E-state index contributed by atoms with van der Waals surface area (Å²) in [4.78, 5) is 16.1. The van der Waals surface area contributed by atoms with E-state index in [2.05, 4.69) is 30.6 Å². The van der Waals surface area contributed by atoms with Gasteiger partial charge >= 0.3 is 0 Å². The molecule has 3 rings (SSSR count). The number of amidine groups is 1. The average molecular weight is 245 g/mol. The summed E-state index contributed by atoms with van der Waals surface area (Å²) in [6, 6.07) is 5.46. The van der Waals surface area contributed by atoms with Crippen molar-refractivity contribution in [3.05, 3.63) is 18.2 Å². The van der Waals surface area contributed by atoms with Crippen LogP contribution in [-0.4, -0.2) is 34.6 Å². The average Bonchev–Trinajstić information content (AvgIpc) is 2.97. The van der Waals surface area contributed by atoms with Crippen molar-refractivity contribution in [2.45, 2.75) is 13.0 Å².